The van der Waals surface area contributed by atoms with Crippen LogP contribution in [0.25, 0.3) is 22.3 Å². The quantitative estimate of drug-likeness (QED) is 0.301. The van der Waals surface area contributed by atoms with Gasteiger partial charge in [0.25, 0.3) is 0 Å². The average molecular weight is 523 g/mol. The number of rotatable bonds is 7. The average Bonchev–Trinajstić information content (AvgIpc) is 3.60. The van der Waals surface area contributed by atoms with Gasteiger partial charge in [0.2, 0.25) is 5.91 Å². The minimum Gasteiger partial charge on any atom is -0.481 e. The van der Waals surface area contributed by atoms with Gasteiger partial charge in [-0.15, -0.1) is 0 Å². The van der Waals surface area contributed by atoms with Crippen molar-refractivity contribution in [2.45, 2.75) is 44.6 Å². The number of primary amides is 1. The third-order valence-corrected chi connectivity index (χ3v) is 7.67. The zero-order valence-electron chi connectivity index (χ0n) is 19.7. The Bertz CT molecular complexity index is 1530. The van der Waals surface area contributed by atoms with Gasteiger partial charge in [0.05, 0.1) is 40.7 Å². The molecule has 9 heteroatoms. The fraction of sp³-hybridized carbons (Fsp3) is 0.259. The fourth-order valence-electron chi connectivity index (χ4n) is 4.64. The molecular weight excluding hydrogens is 499 g/mol. The number of aromatic nitrogens is 3. The van der Waals surface area contributed by atoms with Crippen molar-refractivity contribution < 1.29 is 14.7 Å². The lowest BCUT2D eigenvalue weighted by Crippen LogP contribution is -2.14. The van der Waals surface area contributed by atoms with Gasteiger partial charge in [0.1, 0.15) is 5.52 Å². The highest BCUT2D eigenvalue weighted by Gasteiger charge is 2.29. The summed E-state index contributed by atoms with van der Waals surface area (Å²) in [4.78, 5) is 32.6. The number of carboxylic acids is 1. The lowest BCUT2D eigenvalue weighted by molar-refractivity contribution is -0.138. The molecule has 5 rings (SSSR count). The number of pyridine rings is 1. The largest absolute Gasteiger partial charge is 0.481 e. The molecule has 1 amide bonds. The monoisotopic (exact) mass is 522 g/mol. The number of carboxylic acid groups (broad SMARTS) is 1. The van der Waals surface area contributed by atoms with Gasteiger partial charge in [0.15, 0.2) is 0 Å². The number of carbonyl (C=O) groups excluding carboxylic acids is 1. The Morgan fingerprint density at radius 3 is 2.53 bits per heavy atom. The summed E-state index contributed by atoms with van der Waals surface area (Å²) in [6, 6.07) is 10.3. The highest BCUT2D eigenvalue weighted by Crippen LogP contribution is 2.47. The Morgan fingerprint density at radius 1 is 1.11 bits per heavy atom. The van der Waals surface area contributed by atoms with Crippen LogP contribution in [0.5, 0.6) is 0 Å². The molecule has 0 radical (unpaired) electrons. The van der Waals surface area contributed by atoms with Crippen LogP contribution < -0.4 is 5.73 Å². The molecule has 0 spiro atoms. The molecule has 2 aromatic heterocycles. The van der Waals surface area contributed by atoms with E-state index in [4.69, 9.17) is 28.9 Å². The molecule has 0 aliphatic heterocycles. The van der Waals surface area contributed by atoms with Crippen LogP contribution in [0.3, 0.4) is 0 Å². The maximum absolute atomic E-state index is 11.8. The predicted molar refractivity (Wildman–Crippen MR) is 140 cm³/mol. The van der Waals surface area contributed by atoms with Crippen molar-refractivity contribution in [1.29, 1.82) is 0 Å². The molecular formula is C27H24Cl2N4O3. The van der Waals surface area contributed by atoms with Gasteiger partial charge < -0.3 is 15.4 Å². The number of carbonyl (C=O) groups is 2. The van der Waals surface area contributed by atoms with Crippen LogP contribution in [0.1, 0.15) is 71.6 Å². The number of nitrogens with zero attached hydrogens (tertiary/aromatic N) is 3. The van der Waals surface area contributed by atoms with Crippen molar-refractivity contribution in [1.82, 2.24) is 14.5 Å². The molecule has 2 heterocycles. The first-order valence-corrected chi connectivity index (χ1v) is 12.4. The molecule has 3 N–H and O–H groups in total. The first-order chi connectivity index (χ1) is 17.2. The lowest BCUT2D eigenvalue weighted by atomic mass is 9.91. The molecule has 7 nitrogen and oxygen atoms in total. The van der Waals surface area contributed by atoms with E-state index in [0.717, 1.165) is 29.5 Å². The molecule has 0 saturated heterocycles. The molecule has 1 fully saturated rings. The van der Waals surface area contributed by atoms with Crippen molar-refractivity contribution in [2.24, 2.45) is 5.73 Å². The summed E-state index contributed by atoms with van der Waals surface area (Å²) in [5.74, 6) is -2.03. The van der Waals surface area contributed by atoms with E-state index >= 15 is 0 Å². The summed E-state index contributed by atoms with van der Waals surface area (Å²) in [7, 11) is 0. The molecule has 4 aromatic rings. The molecule has 1 saturated carbocycles. The van der Waals surface area contributed by atoms with Crippen LogP contribution in [-0.2, 0) is 4.79 Å². The van der Waals surface area contributed by atoms with Crippen molar-refractivity contribution in [3.63, 3.8) is 0 Å². The maximum atomic E-state index is 11.8. The van der Waals surface area contributed by atoms with Crippen molar-refractivity contribution in [3.05, 3.63) is 81.2 Å². The molecule has 2 aromatic carbocycles. The van der Waals surface area contributed by atoms with Crippen molar-refractivity contribution in [2.75, 3.05) is 0 Å². The highest BCUT2D eigenvalue weighted by atomic mass is 35.5. The van der Waals surface area contributed by atoms with Gasteiger partial charge in [-0.3, -0.25) is 14.6 Å². The van der Waals surface area contributed by atoms with Crippen LogP contribution >= 0.6 is 23.2 Å². The second-order valence-electron chi connectivity index (χ2n) is 9.25. The van der Waals surface area contributed by atoms with E-state index in [9.17, 15) is 14.7 Å². The zero-order chi connectivity index (χ0) is 25.7. The predicted octanol–water partition coefficient (Wildman–Crippen LogP) is 6.18. The van der Waals surface area contributed by atoms with Gasteiger partial charge in [-0.1, -0.05) is 35.3 Å². The Morgan fingerprint density at radius 2 is 1.86 bits per heavy atom. The van der Waals surface area contributed by atoms with E-state index in [2.05, 4.69) is 9.97 Å². The summed E-state index contributed by atoms with van der Waals surface area (Å²) in [6.07, 6.45) is 5.64. The molecule has 2 atom stereocenters. The van der Waals surface area contributed by atoms with Gasteiger partial charge in [-0.25, -0.2) is 4.98 Å². The number of aliphatic carboxylic acids is 1. The topological polar surface area (TPSA) is 111 Å². The first-order valence-electron chi connectivity index (χ1n) is 11.6. The number of fused-ring (bicyclic) bond motifs is 1. The van der Waals surface area contributed by atoms with E-state index in [1.807, 2.05) is 29.7 Å². The molecule has 36 heavy (non-hydrogen) atoms. The van der Waals surface area contributed by atoms with Crippen molar-refractivity contribution in [3.8, 4) is 11.3 Å². The Kier molecular flexibility index (Phi) is 6.22. The standard InChI is InChI=1S/C27H24Cl2N4O3/c1-13(27(35)36)19-9-16(26(30)34)5-6-18(19)21-10-23-22(11-31-21)32-12-33(23)14(2)24-20(28)8-7-17(25(24)29)15-3-4-15/h5-15H,3-4H2,1-2H3,(H2,30,34)(H,35,36)/t13?,14-/m1/s1. The first kappa shape index (κ1) is 24.3. The second-order valence-corrected chi connectivity index (χ2v) is 10.0. The number of hydrogen-bond donors (Lipinski definition) is 2. The number of halogens is 2. The van der Waals surface area contributed by atoms with Crippen LogP contribution in [0, 0.1) is 0 Å². The van der Waals surface area contributed by atoms with Crippen molar-refractivity contribution >= 4 is 46.1 Å². The summed E-state index contributed by atoms with van der Waals surface area (Å²) >= 11 is 13.5. The third-order valence-electron chi connectivity index (χ3n) is 6.92. The Balaban J connectivity index is 1.63. The van der Waals surface area contributed by atoms with Crippen LogP contribution in [0.2, 0.25) is 10.0 Å². The normalized spacial score (nSPS) is 15.1. The number of amides is 1. The third kappa shape index (κ3) is 4.22. The number of imidazole rings is 1. The Hall–Kier alpha value is -3.42. The molecule has 1 aliphatic rings. The Labute approximate surface area is 217 Å². The van der Waals surface area contributed by atoms with E-state index in [0.29, 0.717) is 38.3 Å². The van der Waals surface area contributed by atoms with Gasteiger partial charge in [-0.2, -0.15) is 0 Å². The fourth-order valence-corrected chi connectivity index (χ4v) is 5.49. The SMILES string of the molecule is CC(C(=O)O)c1cc(C(N)=O)ccc1-c1cc2c(cn1)ncn2[C@H](C)c1c(Cl)ccc(C2CC2)c1Cl. The number of hydrogen-bond acceptors (Lipinski definition) is 4. The zero-order valence-corrected chi connectivity index (χ0v) is 21.2. The number of benzene rings is 2. The highest BCUT2D eigenvalue weighted by molar-refractivity contribution is 6.36. The van der Waals surface area contributed by atoms with E-state index in [-0.39, 0.29) is 11.6 Å². The minimum absolute atomic E-state index is 0.210. The summed E-state index contributed by atoms with van der Waals surface area (Å²) in [5, 5.41) is 10.9. The molecule has 1 aliphatic carbocycles. The van der Waals surface area contributed by atoms with Crippen LogP contribution in [0.15, 0.2) is 48.9 Å². The van der Waals surface area contributed by atoms with E-state index in [1.165, 1.54) is 6.07 Å². The van der Waals surface area contributed by atoms with E-state index < -0.39 is 17.8 Å². The number of nitrogens with two attached hydrogens (primary N) is 1. The van der Waals surface area contributed by atoms with Gasteiger partial charge in [0, 0.05) is 21.7 Å². The molecule has 0 bridgehead atoms. The van der Waals surface area contributed by atoms with Crippen LogP contribution in [0.4, 0.5) is 0 Å². The maximum Gasteiger partial charge on any atom is 0.310 e. The van der Waals surface area contributed by atoms with Crippen LogP contribution in [-0.4, -0.2) is 31.5 Å². The summed E-state index contributed by atoms with van der Waals surface area (Å²) in [6.45, 7) is 3.58. The minimum atomic E-state index is -1.02. The van der Waals surface area contributed by atoms with E-state index in [1.54, 1.807) is 31.6 Å². The smallest absolute Gasteiger partial charge is 0.310 e. The lowest BCUT2D eigenvalue weighted by Gasteiger charge is -2.20. The molecule has 1 unspecified atom stereocenters. The van der Waals surface area contributed by atoms with Gasteiger partial charge in [-0.05, 0) is 68.0 Å². The second kappa shape index (κ2) is 9.22. The summed E-state index contributed by atoms with van der Waals surface area (Å²) < 4.78 is 1.99. The van der Waals surface area contributed by atoms with Gasteiger partial charge >= 0.3 is 5.97 Å². The summed E-state index contributed by atoms with van der Waals surface area (Å²) in [5.41, 5.74) is 10.7. The molecule has 184 valence electrons.